The Morgan fingerprint density at radius 2 is 2.00 bits per heavy atom. The van der Waals surface area contributed by atoms with Gasteiger partial charge in [-0.05, 0) is 24.6 Å². The monoisotopic (exact) mass is 424 g/mol. The molecule has 1 aromatic heterocycles. The van der Waals surface area contributed by atoms with Crippen molar-refractivity contribution in [3.8, 4) is 0 Å². The molecule has 0 spiro atoms. The molecule has 160 valence electrons. The number of cyclic esters (lactones) is 2. The Kier molecular flexibility index (Phi) is 5.54. The topological polar surface area (TPSA) is 121 Å². The minimum Gasteiger partial charge on any atom is -0.478 e. The van der Waals surface area contributed by atoms with E-state index in [1.807, 2.05) is 0 Å². The molecule has 3 heterocycles. The summed E-state index contributed by atoms with van der Waals surface area (Å²) in [6.07, 6.45) is 1.23. The Labute approximate surface area is 177 Å². The second-order valence-corrected chi connectivity index (χ2v) is 6.81. The Balaban J connectivity index is 1.90. The second-order valence-electron chi connectivity index (χ2n) is 6.81. The quantitative estimate of drug-likeness (QED) is 0.672. The van der Waals surface area contributed by atoms with Crippen LogP contribution in [0.1, 0.15) is 18.5 Å². The average Bonchev–Trinajstić information content (AvgIpc) is 3.21. The molecule has 2 aliphatic rings. The van der Waals surface area contributed by atoms with Crippen LogP contribution in [0.3, 0.4) is 0 Å². The number of ether oxygens (including phenoxy) is 2. The van der Waals surface area contributed by atoms with E-state index in [0.717, 1.165) is 0 Å². The SMILES string of the molecule is CCN1C(=O)C(Nc2cccnc2)=C(C(=O)O)C(c2ccccc2)N1C1COC(=O)O1. The van der Waals surface area contributed by atoms with E-state index in [-0.39, 0.29) is 24.4 Å². The van der Waals surface area contributed by atoms with Gasteiger partial charge in [0.2, 0.25) is 6.23 Å². The van der Waals surface area contributed by atoms with Gasteiger partial charge in [0.1, 0.15) is 12.3 Å². The summed E-state index contributed by atoms with van der Waals surface area (Å²) < 4.78 is 10.2. The fourth-order valence-electron chi connectivity index (χ4n) is 3.72. The summed E-state index contributed by atoms with van der Waals surface area (Å²) in [5.74, 6) is -1.85. The molecule has 10 nitrogen and oxygen atoms in total. The van der Waals surface area contributed by atoms with Gasteiger partial charge in [0, 0.05) is 12.7 Å². The predicted molar refractivity (Wildman–Crippen MR) is 107 cm³/mol. The Morgan fingerprint density at radius 3 is 2.58 bits per heavy atom. The van der Waals surface area contributed by atoms with E-state index in [1.54, 1.807) is 55.6 Å². The van der Waals surface area contributed by atoms with Crippen molar-refractivity contribution in [1.82, 2.24) is 15.0 Å². The highest BCUT2D eigenvalue weighted by atomic mass is 16.8. The number of carbonyl (C=O) groups excluding carboxylic acids is 2. The molecule has 4 rings (SSSR count). The zero-order valence-corrected chi connectivity index (χ0v) is 16.6. The normalized spacial score (nSPS) is 21.6. The summed E-state index contributed by atoms with van der Waals surface area (Å²) >= 11 is 0. The molecule has 2 N–H and O–H groups in total. The molecule has 1 saturated heterocycles. The molecule has 2 atom stereocenters. The van der Waals surface area contributed by atoms with E-state index in [1.165, 1.54) is 16.2 Å². The summed E-state index contributed by atoms with van der Waals surface area (Å²) in [5.41, 5.74) is 0.821. The maximum absolute atomic E-state index is 13.4. The minimum absolute atomic E-state index is 0.0855. The smallest absolute Gasteiger partial charge is 0.478 e. The number of hydrogen-bond donors (Lipinski definition) is 2. The number of carboxylic acids is 1. The second kappa shape index (κ2) is 8.44. The van der Waals surface area contributed by atoms with Crippen LogP contribution >= 0.6 is 0 Å². The number of nitrogens with zero attached hydrogens (tertiary/aromatic N) is 3. The third-order valence-electron chi connectivity index (χ3n) is 4.98. The van der Waals surface area contributed by atoms with Crippen LogP contribution in [0, 0.1) is 0 Å². The Hall–Kier alpha value is -3.92. The number of likely N-dealkylation sites (N-methyl/N-ethyl adjacent to an activating group) is 1. The van der Waals surface area contributed by atoms with Crippen LogP contribution in [0.2, 0.25) is 0 Å². The maximum Gasteiger partial charge on any atom is 0.510 e. The maximum atomic E-state index is 13.4. The lowest BCUT2D eigenvalue weighted by Gasteiger charge is -2.45. The molecule has 1 amide bonds. The van der Waals surface area contributed by atoms with Crippen molar-refractivity contribution >= 4 is 23.7 Å². The lowest BCUT2D eigenvalue weighted by atomic mass is 9.93. The minimum atomic E-state index is -1.28. The number of pyridine rings is 1. The first-order valence-corrected chi connectivity index (χ1v) is 9.64. The van der Waals surface area contributed by atoms with Gasteiger partial charge < -0.3 is 19.9 Å². The van der Waals surface area contributed by atoms with Crippen LogP contribution < -0.4 is 5.32 Å². The molecule has 1 aromatic carbocycles. The highest BCUT2D eigenvalue weighted by Crippen LogP contribution is 2.39. The molecule has 2 unspecified atom stereocenters. The third-order valence-corrected chi connectivity index (χ3v) is 4.98. The summed E-state index contributed by atoms with van der Waals surface area (Å²) in [5, 5.41) is 15.9. The van der Waals surface area contributed by atoms with Crippen molar-refractivity contribution in [2.75, 3.05) is 18.5 Å². The van der Waals surface area contributed by atoms with Crippen molar-refractivity contribution < 1.29 is 29.0 Å². The van der Waals surface area contributed by atoms with Gasteiger partial charge in [0.15, 0.2) is 0 Å². The Morgan fingerprint density at radius 1 is 1.23 bits per heavy atom. The molecule has 0 saturated carbocycles. The summed E-state index contributed by atoms with van der Waals surface area (Å²) in [7, 11) is 0. The van der Waals surface area contributed by atoms with Gasteiger partial charge in [0.05, 0.1) is 23.5 Å². The van der Waals surface area contributed by atoms with Gasteiger partial charge in [0.25, 0.3) is 5.91 Å². The number of hydrogen-bond acceptors (Lipinski definition) is 8. The van der Waals surface area contributed by atoms with Crippen LogP contribution in [0.15, 0.2) is 66.1 Å². The van der Waals surface area contributed by atoms with Gasteiger partial charge in [-0.15, -0.1) is 0 Å². The first-order chi connectivity index (χ1) is 15.0. The van der Waals surface area contributed by atoms with E-state index >= 15 is 0 Å². The van der Waals surface area contributed by atoms with Crippen LogP contribution in [0.25, 0.3) is 0 Å². The standard InChI is InChI=1S/C21H20N4O6/c1-2-24-19(26)17(23-14-9-6-10-22-11-14)16(20(27)28)18(13-7-4-3-5-8-13)25(24)15-12-30-21(29)31-15/h3-11,15,18,23H,2,12H2,1H3,(H,27,28). The first-order valence-electron chi connectivity index (χ1n) is 9.64. The number of carbonyl (C=O) groups is 3. The predicted octanol–water partition coefficient (Wildman–Crippen LogP) is 2.15. The summed E-state index contributed by atoms with van der Waals surface area (Å²) in [6.45, 7) is 1.82. The van der Waals surface area contributed by atoms with Gasteiger partial charge >= 0.3 is 12.1 Å². The summed E-state index contributed by atoms with van der Waals surface area (Å²) in [4.78, 5) is 41.5. The Bertz CT molecular complexity index is 1030. The molecule has 0 bridgehead atoms. The molecular weight excluding hydrogens is 404 g/mol. The number of nitrogens with one attached hydrogen (secondary N) is 1. The molecule has 10 heteroatoms. The number of benzene rings is 1. The third kappa shape index (κ3) is 3.80. The zero-order valence-electron chi connectivity index (χ0n) is 16.6. The summed E-state index contributed by atoms with van der Waals surface area (Å²) in [6, 6.07) is 11.3. The van der Waals surface area contributed by atoms with E-state index in [0.29, 0.717) is 11.3 Å². The van der Waals surface area contributed by atoms with Crippen molar-refractivity contribution in [3.05, 3.63) is 71.7 Å². The van der Waals surface area contributed by atoms with Crippen LogP contribution in [-0.4, -0.2) is 57.5 Å². The van der Waals surface area contributed by atoms with Crippen LogP contribution in [-0.2, 0) is 19.1 Å². The molecule has 2 aliphatic heterocycles. The van der Waals surface area contributed by atoms with E-state index < -0.39 is 30.3 Å². The van der Waals surface area contributed by atoms with E-state index in [4.69, 9.17) is 9.47 Å². The number of hydrazine groups is 1. The van der Waals surface area contributed by atoms with E-state index in [9.17, 15) is 19.5 Å². The van der Waals surface area contributed by atoms with E-state index in [2.05, 4.69) is 10.3 Å². The first kappa shape index (κ1) is 20.4. The van der Waals surface area contributed by atoms with Gasteiger partial charge in [-0.3, -0.25) is 14.8 Å². The number of anilines is 1. The molecule has 31 heavy (non-hydrogen) atoms. The van der Waals surface area contributed by atoms with Gasteiger partial charge in [-0.25, -0.2) is 9.59 Å². The molecule has 1 fully saturated rings. The van der Waals surface area contributed by atoms with Crippen molar-refractivity contribution in [3.63, 3.8) is 0 Å². The van der Waals surface area contributed by atoms with Gasteiger partial charge in [-0.2, -0.15) is 5.01 Å². The highest BCUT2D eigenvalue weighted by Gasteiger charge is 2.49. The van der Waals surface area contributed by atoms with Crippen molar-refractivity contribution in [2.45, 2.75) is 19.2 Å². The number of carboxylic acid groups (broad SMARTS) is 1. The van der Waals surface area contributed by atoms with Crippen LogP contribution in [0.4, 0.5) is 10.5 Å². The number of amides is 1. The van der Waals surface area contributed by atoms with Crippen molar-refractivity contribution in [1.29, 1.82) is 0 Å². The number of aromatic nitrogens is 1. The molecule has 0 radical (unpaired) electrons. The van der Waals surface area contributed by atoms with Gasteiger partial charge in [-0.1, -0.05) is 30.3 Å². The fraction of sp³-hybridized carbons (Fsp3) is 0.238. The molecular formula is C21H20N4O6. The number of rotatable bonds is 6. The lowest BCUT2D eigenvalue weighted by Crippen LogP contribution is -2.59. The highest BCUT2D eigenvalue weighted by molar-refractivity contribution is 6.06. The zero-order chi connectivity index (χ0) is 22.0. The largest absolute Gasteiger partial charge is 0.510 e. The average molecular weight is 424 g/mol. The number of aliphatic carboxylic acids is 1. The van der Waals surface area contributed by atoms with Crippen LogP contribution in [0.5, 0.6) is 0 Å². The fourth-order valence-corrected chi connectivity index (χ4v) is 3.72. The molecule has 0 aliphatic carbocycles. The lowest BCUT2D eigenvalue weighted by molar-refractivity contribution is -0.178. The molecule has 2 aromatic rings. The van der Waals surface area contributed by atoms with Crippen molar-refractivity contribution in [2.24, 2.45) is 0 Å².